The lowest BCUT2D eigenvalue weighted by Gasteiger charge is -2.22. The summed E-state index contributed by atoms with van der Waals surface area (Å²) in [6, 6.07) is 18.5. The number of rotatable bonds is 16. The van der Waals surface area contributed by atoms with Gasteiger partial charge >= 0.3 is 0 Å². The maximum Gasteiger partial charge on any atom is 0.264 e. The second kappa shape index (κ2) is 32.7. The van der Waals surface area contributed by atoms with E-state index >= 15 is 0 Å². The fourth-order valence-electron chi connectivity index (χ4n) is 10.6. The highest BCUT2D eigenvalue weighted by Gasteiger charge is 2.45. The standard InChI is InChI=1S/C24H25FN6O2.C19H20FN5O2.C11H8ClFN2O.C8H13N3O.C6H9NO3S/c1-16-11-27-23(29-18-12-28-31(13-18)19-4-8-32-9-5-19)30-22(16)17-2-3-21(20(25)10-17)33-15-24(14-26)6-7-24;1-12-9-21-19(24-18(12)13-2-3-17(26)16(20)8-13)23-14-10-22-25(11-14)15-4-6-27-7-5-15;1-6-5-14-11(12)15-10(6)7-2-3-9(16)8(13)4-7;9-7-5-10-11(6-7)8-1-3-12-4-2-8;1-11(8,9)10-5-6(4-7)2-3-6/h2-3,10-13,19H,4-9,15H2,1H3,(H,27,29,30);2-3,8-11,15,26H,4-7H2,1H3,(H,21,23,24);2-5,16H,1H3;5-6,8H,1-4,9H2;2-3,5H2,1H3. The number of anilines is 5. The van der Waals surface area contributed by atoms with Crippen LogP contribution in [0.3, 0.4) is 0 Å². The quantitative estimate of drug-likeness (QED) is 0.0443. The molecule has 3 saturated heterocycles. The van der Waals surface area contributed by atoms with Crippen LogP contribution < -0.4 is 21.1 Å². The van der Waals surface area contributed by atoms with Gasteiger partial charge in [0.2, 0.25) is 17.2 Å². The summed E-state index contributed by atoms with van der Waals surface area (Å²) in [4.78, 5) is 25.6. The van der Waals surface area contributed by atoms with E-state index in [2.05, 4.69) is 66.1 Å². The zero-order chi connectivity index (χ0) is 70.3. The average molecular weight is 1400 g/mol. The Morgan fingerprint density at radius 3 is 1.37 bits per heavy atom. The van der Waals surface area contributed by atoms with Gasteiger partial charge in [-0.05, 0) is 168 Å². The number of nitriles is 2. The molecule has 6 N–H and O–H groups in total. The lowest BCUT2D eigenvalue weighted by atomic mass is 10.1. The van der Waals surface area contributed by atoms with Crippen molar-refractivity contribution in [3.05, 3.63) is 150 Å². The van der Waals surface area contributed by atoms with Crippen LogP contribution in [-0.2, 0) is 28.5 Å². The molecule has 6 aromatic heterocycles. The number of nitrogens with zero attached hydrogens (tertiary/aromatic N) is 14. The van der Waals surface area contributed by atoms with Crippen molar-refractivity contribution < 1.29 is 54.9 Å². The molecule has 2 saturated carbocycles. The van der Waals surface area contributed by atoms with E-state index in [-0.39, 0.29) is 35.7 Å². The number of benzene rings is 3. The minimum absolute atomic E-state index is 0.0162. The molecule has 14 rings (SSSR count). The van der Waals surface area contributed by atoms with Crippen molar-refractivity contribution in [2.75, 3.05) is 75.5 Å². The zero-order valence-corrected chi connectivity index (χ0v) is 56.4. The topological polar surface area (TPSA) is 349 Å². The van der Waals surface area contributed by atoms with Gasteiger partial charge < -0.3 is 45.5 Å². The zero-order valence-electron chi connectivity index (χ0n) is 54.9. The SMILES string of the molecule is CS(=O)(=O)OCC1(C#N)CC1.Cc1cnc(Cl)nc1-c1ccc(O)c(F)c1.Cc1cnc(Nc2cnn(C3CCOCC3)c2)nc1-c1ccc(O)c(F)c1.Cc1cnc(Nc2cnn(C3CCOCC3)c2)nc1-c1ccc(OCC2(C#N)CC2)c(F)c1.Nc1cnn(C2CCOCC2)c1. The predicted molar refractivity (Wildman–Crippen MR) is 361 cm³/mol. The molecule has 99 heavy (non-hydrogen) atoms. The van der Waals surface area contributed by atoms with Crippen LogP contribution in [0.4, 0.5) is 42.1 Å². The summed E-state index contributed by atoms with van der Waals surface area (Å²) in [7, 11) is -3.38. The number of nitrogens with one attached hydrogen (secondary N) is 2. The van der Waals surface area contributed by atoms with Crippen LogP contribution in [-0.4, -0.2) is 137 Å². The first-order valence-electron chi connectivity index (χ1n) is 32.0. The van der Waals surface area contributed by atoms with Gasteiger partial charge in [-0.1, -0.05) is 0 Å². The molecule has 31 heteroatoms. The third-order valence-electron chi connectivity index (χ3n) is 16.8. The highest BCUT2D eigenvalue weighted by Crippen LogP contribution is 2.46. The van der Waals surface area contributed by atoms with E-state index in [0.29, 0.717) is 63.8 Å². The second-order valence-corrected chi connectivity index (χ2v) is 26.6. The predicted octanol–water partition coefficient (Wildman–Crippen LogP) is 12.2. The van der Waals surface area contributed by atoms with Gasteiger partial charge in [-0.2, -0.15) is 34.2 Å². The molecule has 9 aromatic rings. The highest BCUT2D eigenvalue weighted by molar-refractivity contribution is 7.86. The van der Waals surface area contributed by atoms with Crippen molar-refractivity contribution in [2.45, 2.75) is 103 Å². The summed E-state index contributed by atoms with van der Waals surface area (Å²) in [5.74, 6) is -1.67. The highest BCUT2D eigenvalue weighted by atomic mass is 35.5. The lowest BCUT2D eigenvalue weighted by molar-refractivity contribution is 0.0661. The van der Waals surface area contributed by atoms with Crippen LogP contribution in [0.1, 0.15) is 99.0 Å². The summed E-state index contributed by atoms with van der Waals surface area (Å²) in [5.41, 5.74) is 12.9. The number of aromatic hydroxyl groups is 2. The summed E-state index contributed by atoms with van der Waals surface area (Å²) in [6.45, 7) is 10.4. The van der Waals surface area contributed by atoms with Crippen molar-refractivity contribution in [1.82, 2.24) is 59.2 Å². The average Bonchev–Trinajstić information content (AvgIpc) is 0.930. The molecule has 0 atom stereocenters. The third-order valence-corrected chi connectivity index (χ3v) is 17.5. The largest absolute Gasteiger partial charge is 0.505 e. The number of phenols is 2. The van der Waals surface area contributed by atoms with Gasteiger partial charge in [0.05, 0.1) is 107 Å². The molecule has 2 aliphatic carbocycles. The van der Waals surface area contributed by atoms with Crippen LogP contribution in [0, 0.1) is 71.7 Å². The molecule has 3 aliphatic heterocycles. The summed E-state index contributed by atoms with van der Waals surface area (Å²) in [6.07, 6.45) is 25.8. The molecule has 0 radical (unpaired) electrons. The number of halogens is 4. The van der Waals surface area contributed by atoms with Gasteiger partial charge in [0.25, 0.3) is 10.1 Å². The molecule has 0 bridgehead atoms. The van der Waals surface area contributed by atoms with Gasteiger partial charge in [0, 0.05) is 93.5 Å². The molecule has 520 valence electrons. The molecular weight excluding hydrogens is 1320 g/mol. The maximum atomic E-state index is 14.7. The number of nitrogen functional groups attached to an aromatic ring is 1. The molecule has 3 aromatic carbocycles. The molecule has 0 amide bonds. The van der Waals surface area contributed by atoms with Crippen LogP contribution >= 0.6 is 11.6 Å². The molecule has 0 spiro atoms. The number of nitrogens with two attached hydrogens (primary N) is 1. The number of aryl methyl sites for hydroxylation is 3. The minimum atomic E-state index is -3.38. The van der Waals surface area contributed by atoms with Crippen molar-refractivity contribution in [2.24, 2.45) is 10.8 Å². The van der Waals surface area contributed by atoms with E-state index in [4.69, 9.17) is 46.7 Å². The smallest absolute Gasteiger partial charge is 0.264 e. The van der Waals surface area contributed by atoms with E-state index in [1.165, 1.54) is 30.3 Å². The number of hydrogen-bond donors (Lipinski definition) is 5. The molecule has 5 fully saturated rings. The van der Waals surface area contributed by atoms with Crippen LogP contribution in [0.25, 0.3) is 33.8 Å². The molecule has 0 unspecified atom stereocenters. The van der Waals surface area contributed by atoms with Crippen LogP contribution in [0.5, 0.6) is 17.2 Å². The van der Waals surface area contributed by atoms with E-state index in [0.717, 1.165) is 144 Å². The van der Waals surface area contributed by atoms with Crippen LogP contribution in [0.15, 0.2) is 110 Å². The van der Waals surface area contributed by atoms with Gasteiger partial charge in [-0.15, -0.1) is 0 Å². The van der Waals surface area contributed by atoms with E-state index < -0.39 is 38.4 Å². The first-order valence-corrected chi connectivity index (χ1v) is 34.1. The normalized spacial score (nSPS) is 16.3. The van der Waals surface area contributed by atoms with Gasteiger partial charge in [0.1, 0.15) is 6.61 Å². The minimum Gasteiger partial charge on any atom is -0.505 e. The molecule has 26 nitrogen and oxygen atoms in total. The third kappa shape index (κ3) is 20.2. The fraction of sp³-hybridized carbons (Fsp3) is 0.397. The fourth-order valence-corrected chi connectivity index (χ4v) is 11.1. The maximum absolute atomic E-state index is 14.7. The van der Waals surface area contributed by atoms with Gasteiger partial charge in [0.15, 0.2) is 34.7 Å². The van der Waals surface area contributed by atoms with Crippen LogP contribution in [0.2, 0.25) is 5.28 Å². The Morgan fingerprint density at radius 1 is 0.586 bits per heavy atom. The lowest BCUT2D eigenvalue weighted by Crippen LogP contribution is -2.19. The number of phenolic OH excluding ortho intramolecular Hbond substituents is 2. The van der Waals surface area contributed by atoms with E-state index in [1.54, 1.807) is 68.4 Å². The van der Waals surface area contributed by atoms with E-state index in [1.807, 2.05) is 52.6 Å². The summed E-state index contributed by atoms with van der Waals surface area (Å²) >= 11 is 5.67. The second-order valence-electron chi connectivity index (χ2n) is 24.6. The Bertz CT molecular complexity index is 4450. The monoisotopic (exact) mass is 1400 g/mol. The summed E-state index contributed by atoms with van der Waals surface area (Å²) in [5, 5.41) is 55.7. The Labute approximate surface area is 575 Å². The van der Waals surface area contributed by atoms with Crippen molar-refractivity contribution in [1.29, 1.82) is 10.5 Å². The summed E-state index contributed by atoms with van der Waals surface area (Å²) < 4.78 is 94.5. The Morgan fingerprint density at radius 2 is 0.980 bits per heavy atom. The Hall–Kier alpha value is -9.82. The van der Waals surface area contributed by atoms with Gasteiger partial charge in [-0.25, -0.2) is 43.1 Å². The molecule has 9 heterocycles. The first kappa shape index (κ1) is 71.9. The number of aromatic nitrogens is 12. The molecular formula is C68H75ClF3N17O9S. The van der Waals surface area contributed by atoms with Crippen molar-refractivity contribution >= 4 is 50.7 Å². The number of ether oxygens (including phenoxy) is 4. The first-order chi connectivity index (χ1) is 47.6. The number of hydrogen-bond acceptors (Lipinski definition) is 23. The van der Waals surface area contributed by atoms with Gasteiger partial charge in [-0.3, -0.25) is 18.2 Å². The van der Waals surface area contributed by atoms with Crippen molar-refractivity contribution in [3.63, 3.8) is 0 Å². The Kier molecular flexibility index (Phi) is 23.8. The molecule has 5 aliphatic rings. The van der Waals surface area contributed by atoms with E-state index in [9.17, 15) is 32.0 Å². The Balaban J connectivity index is 0.000000143. The van der Waals surface area contributed by atoms with Crippen molar-refractivity contribution in [3.8, 4) is 63.2 Å².